The van der Waals surface area contributed by atoms with Crippen LogP contribution in [-0.4, -0.2) is 42.7 Å². The summed E-state index contributed by atoms with van der Waals surface area (Å²) in [6.07, 6.45) is 0.0789. The molecule has 1 fully saturated rings. The standard InChI is InChI=1S/C15H21NO3/c1-11-9-16(15(2,3)10-19-11)14(17)12-5-7-13(18-4)8-6-12/h5-8,11H,9-10H2,1-4H3. The molecule has 1 unspecified atom stereocenters. The molecule has 0 bridgehead atoms. The van der Waals surface area contributed by atoms with Crippen molar-refractivity contribution in [2.24, 2.45) is 0 Å². The van der Waals surface area contributed by atoms with Crippen molar-refractivity contribution < 1.29 is 14.3 Å². The summed E-state index contributed by atoms with van der Waals surface area (Å²) >= 11 is 0. The molecule has 0 radical (unpaired) electrons. The fourth-order valence-electron chi connectivity index (χ4n) is 2.23. The van der Waals surface area contributed by atoms with Gasteiger partial charge in [0.2, 0.25) is 0 Å². The lowest BCUT2D eigenvalue weighted by Crippen LogP contribution is -2.57. The zero-order valence-corrected chi connectivity index (χ0v) is 12.0. The third-order valence-electron chi connectivity index (χ3n) is 3.47. The van der Waals surface area contributed by atoms with Crippen molar-refractivity contribution in [3.8, 4) is 5.75 Å². The molecule has 4 nitrogen and oxygen atoms in total. The van der Waals surface area contributed by atoms with Crippen LogP contribution in [0.15, 0.2) is 24.3 Å². The largest absolute Gasteiger partial charge is 0.497 e. The Labute approximate surface area is 114 Å². The van der Waals surface area contributed by atoms with Crippen molar-refractivity contribution in [1.29, 1.82) is 0 Å². The summed E-state index contributed by atoms with van der Waals surface area (Å²) in [6.45, 7) is 7.23. The van der Waals surface area contributed by atoms with E-state index in [0.717, 1.165) is 5.75 Å². The molecular weight excluding hydrogens is 242 g/mol. The van der Waals surface area contributed by atoms with Gasteiger partial charge in [-0.3, -0.25) is 4.79 Å². The Kier molecular flexibility index (Phi) is 3.80. The monoisotopic (exact) mass is 263 g/mol. The fraction of sp³-hybridized carbons (Fsp3) is 0.533. The van der Waals surface area contributed by atoms with Crippen molar-refractivity contribution in [1.82, 2.24) is 4.90 Å². The van der Waals surface area contributed by atoms with E-state index in [0.29, 0.717) is 18.7 Å². The summed E-state index contributed by atoms with van der Waals surface area (Å²) in [7, 11) is 1.61. The number of ether oxygens (including phenoxy) is 2. The molecule has 0 aliphatic carbocycles. The van der Waals surface area contributed by atoms with Crippen LogP contribution in [-0.2, 0) is 4.74 Å². The highest BCUT2D eigenvalue weighted by molar-refractivity contribution is 5.95. The second-order valence-corrected chi connectivity index (χ2v) is 5.58. The summed E-state index contributed by atoms with van der Waals surface area (Å²) in [5, 5.41) is 0. The molecule has 1 amide bonds. The van der Waals surface area contributed by atoms with Gasteiger partial charge < -0.3 is 14.4 Å². The molecule has 1 aliphatic heterocycles. The first-order valence-electron chi connectivity index (χ1n) is 6.51. The average Bonchev–Trinajstić information content (AvgIpc) is 2.41. The molecule has 19 heavy (non-hydrogen) atoms. The highest BCUT2D eigenvalue weighted by atomic mass is 16.5. The van der Waals surface area contributed by atoms with E-state index in [1.54, 1.807) is 19.2 Å². The first kappa shape index (κ1) is 13.9. The summed E-state index contributed by atoms with van der Waals surface area (Å²) in [5.41, 5.74) is 0.409. The van der Waals surface area contributed by atoms with E-state index in [1.807, 2.05) is 37.8 Å². The molecule has 1 aromatic rings. The van der Waals surface area contributed by atoms with Gasteiger partial charge in [0.15, 0.2) is 0 Å². The Morgan fingerprint density at radius 1 is 1.37 bits per heavy atom. The quantitative estimate of drug-likeness (QED) is 0.822. The van der Waals surface area contributed by atoms with Crippen molar-refractivity contribution in [3.05, 3.63) is 29.8 Å². The van der Waals surface area contributed by atoms with Crippen LogP contribution in [0.2, 0.25) is 0 Å². The van der Waals surface area contributed by atoms with E-state index in [1.165, 1.54) is 0 Å². The Balaban J connectivity index is 2.21. The average molecular weight is 263 g/mol. The van der Waals surface area contributed by atoms with E-state index in [-0.39, 0.29) is 17.6 Å². The van der Waals surface area contributed by atoms with Gasteiger partial charge in [-0.05, 0) is 45.0 Å². The number of hydrogen-bond donors (Lipinski definition) is 0. The minimum atomic E-state index is -0.274. The van der Waals surface area contributed by atoms with E-state index < -0.39 is 0 Å². The lowest BCUT2D eigenvalue weighted by molar-refractivity contribution is -0.0755. The molecule has 1 atom stereocenters. The fourth-order valence-corrected chi connectivity index (χ4v) is 2.23. The number of benzene rings is 1. The number of carbonyl (C=O) groups excluding carboxylic acids is 1. The molecule has 0 N–H and O–H groups in total. The molecule has 1 aromatic carbocycles. The molecular formula is C15H21NO3. The van der Waals surface area contributed by atoms with Gasteiger partial charge in [0.25, 0.3) is 5.91 Å². The van der Waals surface area contributed by atoms with Gasteiger partial charge >= 0.3 is 0 Å². The highest BCUT2D eigenvalue weighted by Gasteiger charge is 2.37. The van der Waals surface area contributed by atoms with Gasteiger partial charge in [-0.15, -0.1) is 0 Å². The van der Waals surface area contributed by atoms with E-state index in [2.05, 4.69) is 0 Å². The maximum atomic E-state index is 12.6. The first-order chi connectivity index (χ1) is 8.94. The van der Waals surface area contributed by atoms with Crippen LogP contribution in [0.1, 0.15) is 31.1 Å². The predicted molar refractivity (Wildman–Crippen MR) is 73.5 cm³/mol. The van der Waals surface area contributed by atoms with Crippen LogP contribution in [0, 0.1) is 0 Å². The number of amides is 1. The number of morpholine rings is 1. The topological polar surface area (TPSA) is 38.8 Å². The lowest BCUT2D eigenvalue weighted by atomic mass is 9.99. The molecule has 1 heterocycles. The van der Waals surface area contributed by atoms with Gasteiger partial charge in [0.05, 0.1) is 25.4 Å². The molecule has 1 aliphatic rings. The number of hydrogen-bond acceptors (Lipinski definition) is 3. The predicted octanol–water partition coefficient (Wildman–Crippen LogP) is 2.33. The lowest BCUT2D eigenvalue weighted by Gasteiger charge is -2.44. The van der Waals surface area contributed by atoms with Crippen molar-refractivity contribution in [2.45, 2.75) is 32.4 Å². The first-order valence-corrected chi connectivity index (χ1v) is 6.51. The molecule has 0 aromatic heterocycles. The van der Waals surface area contributed by atoms with Gasteiger partial charge in [0, 0.05) is 12.1 Å². The van der Waals surface area contributed by atoms with E-state index in [9.17, 15) is 4.79 Å². The van der Waals surface area contributed by atoms with Crippen LogP contribution < -0.4 is 4.74 Å². The Morgan fingerprint density at radius 3 is 2.58 bits per heavy atom. The van der Waals surface area contributed by atoms with Gasteiger partial charge in [-0.2, -0.15) is 0 Å². The van der Waals surface area contributed by atoms with Crippen molar-refractivity contribution in [3.63, 3.8) is 0 Å². The number of methoxy groups -OCH3 is 1. The van der Waals surface area contributed by atoms with Crippen LogP contribution >= 0.6 is 0 Å². The summed E-state index contributed by atoms with van der Waals surface area (Å²) in [6, 6.07) is 7.23. The zero-order valence-electron chi connectivity index (χ0n) is 12.0. The minimum absolute atomic E-state index is 0.0443. The van der Waals surface area contributed by atoms with Gasteiger partial charge in [-0.25, -0.2) is 0 Å². The Hall–Kier alpha value is -1.55. The van der Waals surface area contributed by atoms with Crippen LogP contribution in [0.5, 0.6) is 5.75 Å². The molecule has 2 rings (SSSR count). The second-order valence-electron chi connectivity index (χ2n) is 5.58. The Bertz CT molecular complexity index is 453. The summed E-state index contributed by atoms with van der Waals surface area (Å²) in [5.74, 6) is 0.800. The molecule has 4 heteroatoms. The van der Waals surface area contributed by atoms with Crippen LogP contribution in [0.4, 0.5) is 0 Å². The molecule has 1 saturated heterocycles. The van der Waals surface area contributed by atoms with Gasteiger partial charge in [0.1, 0.15) is 5.75 Å². The third-order valence-corrected chi connectivity index (χ3v) is 3.47. The Morgan fingerprint density at radius 2 is 2.00 bits per heavy atom. The van der Waals surface area contributed by atoms with E-state index in [4.69, 9.17) is 9.47 Å². The third kappa shape index (κ3) is 2.89. The smallest absolute Gasteiger partial charge is 0.254 e. The van der Waals surface area contributed by atoms with Crippen molar-refractivity contribution in [2.75, 3.05) is 20.3 Å². The summed E-state index contributed by atoms with van der Waals surface area (Å²) in [4.78, 5) is 14.5. The SMILES string of the molecule is COc1ccc(C(=O)N2CC(C)OCC2(C)C)cc1. The number of nitrogens with zero attached hydrogens (tertiary/aromatic N) is 1. The van der Waals surface area contributed by atoms with Crippen LogP contribution in [0.3, 0.4) is 0 Å². The van der Waals surface area contributed by atoms with Crippen molar-refractivity contribution >= 4 is 5.91 Å². The van der Waals surface area contributed by atoms with Crippen LogP contribution in [0.25, 0.3) is 0 Å². The molecule has 0 saturated carbocycles. The molecule has 0 spiro atoms. The van der Waals surface area contributed by atoms with E-state index >= 15 is 0 Å². The minimum Gasteiger partial charge on any atom is -0.497 e. The zero-order chi connectivity index (χ0) is 14.0. The number of rotatable bonds is 2. The highest BCUT2D eigenvalue weighted by Crippen LogP contribution is 2.24. The maximum absolute atomic E-state index is 12.6. The number of carbonyl (C=O) groups is 1. The maximum Gasteiger partial charge on any atom is 0.254 e. The summed E-state index contributed by atoms with van der Waals surface area (Å²) < 4.78 is 10.7. The van der Waals surface area contributed by atoms with Gasteiger partial charge in [-0.1, -0.05) is 0 Å². The second kappa shape index (κ2) is 5.21. The molecule has 104 valence electrons. The normalized spacial score (nSPS) is 22.1.